The Morgan fingerprint density at radius 2 is 2.03 bits per heavy atom. The maximum atomic E-state index is 12.9. The van der Waals surface area contributed by atoms with Gasteiger partial charge in [0.2, 0.25) is 5.95 Å². The van der Waals surface area contributed by atoms with Gasteiger partial charge in [0.15, 0.2) is 11.6 Å². The molecule has 3 aromatic rings. The van der Waals surface area contributed by atoms with Crippen LogP contribution in [-0.4, -0.2) is 32.6 Å². The minimum Gasteiger partial charge on any atom is -0.497 e. The first kappa shape index (κ1) is 19.0. The second kappa shape index (κ2) is 7.35. The Morgan fingerprint density at radius 3 is 2.84 bits per heavy atom. The molecule has 31 heavy (non-hydrogen) atoms. The zero-order chi connectivity index (χ0) is 21.5. The van der Waals surface area contributed by atoms with Crippen molar-refractivity contribution in [2.75, 3.05) is 12.4 Å². The first-order valence-electron chi connectivity index (χ1n) is 9.94. The molecule has 1 aliphatic heterocycles. The number of Topliss-reactive ketones (excluding diaryl/α,β-unsaturated/α-hetero) is 1. The molecule has 5 rings (SSSR count). The van der Waals surface area contributed by atoms with Crippen molar-refractivity contribution in [1.29, 1.82) is 0 Å². The van der Waals surface area contributed by atoms with Crippen molar-refractivity contribution < 1.29 is 14.5 Å². The molecule has 2 heterocycles. The Bertz CT molecular complexity index is 1250. The highest BCUT2D eigenvalue weighted by Gasteiger charge is 2.37. The predicted molar refractivity (Wildman–Crippen MR) is 113 cm³/mol. The molecule has 9 nitrogen and oxygen atoms in total. The summed E-state index contributed by atoms with van der Waals surface area (Å²) in [5.41, 5.74) is 2.90. The van der Waals surface area contributed by atoms with Crippen molar-refractivity contribution in [3.8, 4) is 17.1 Å². The third kappa shape index (κ3) is 3.24. The normalized spacial score (nSPS) is 17.6. The van der Waals surface area contributed by atoms with Gasteiger partial charge in [-0.2, -0.15) is 4.98 Å². The fraction of sp³-hybridized carbons (Fsp3) is 0.227. The van der Waals surface area contributed by atoms with Gasteiger partial charge in [-0.1, -0.05) is 24.3 Å². The summed E-state index contributed by atoms with van der Waals surface area (Å²) in [7, 11) is 1.60. The average Bonchev–Trinajstić information content (AvgIpc) is 3.21. The topological polar surface area (TPSA) is 112 Å². The summed E-state index contributed by atoms with van der Waals surface area (Å²) in [6.45, 7) is 0. The molecule has 2 aliphatic rings. The number of ether oxygens (including phenoxy) is 1. The van der Waals surface area contributed by atoms with E-state index >= 15 is 0 Å². The van der Waals surface area contributed by atoms with E-state index in [1.165, 1.54) is 12.1 Å². The lowest BCUT2D eigenvalue weighted by molar-refractivity contribution is -0.384. The molecule has 1 N–H and O–H groups in total. The molecular weight excluding hydrogens is 398 g/mol. The van der Waals surface area contributed by atoms with E-state index in [0.717, 1.165) is 24.1 Å². The lowest BCUT2D eigenvalue weighted by Crippen LogP contribution is -2.31. The maximum Gasteiger partial charge on any atom is 0.270 e. The van der Waals surface area contributed by atoms with Gasteiger partial charge in [0, 0.05) is 35.4 Å². The number of nitro groups is 1. The molecule has 156 valence electrons. The number of aromatic nitrogens is 3. The zero-order valence-electron chi connectivity index (χ0n) is 16.7. The second-order valence-corrected chi connectivity index (χ2v) is 7.48. The van der Waals surface area contributed by atoms with E-state index in [2.05, 4.69) is 15.4 Å². The quantitative estimate of drug-likeness (QED) is 0.506. The third-order valence-electron chi connectivity index (χ3n) is 5.59. The number of carbonyl (C=O) groups is 1. The zero-order valence-corrected chi connectivity index (χ0v) is 16.7. The fourth-order valence-electron chi connectivity index (χ4n) is 4.16. The second-order valence-electron chi connectivity index (χ2n) is 7.48. The number of allylic oxidation sites excluding steroid dienone is 2. The fourth-order valence-corrected chi connectivity index (χ4v) is 4.16. The number of nitrogens with zero attached hydrogens (tertiary/aromatic N) is 4. The van der Waals surface area contributed by atoms with Gasteiger partial charge < -0.3 is 10.1 Å². The molecule has 0 fully saturated rings. The molecule has 1 unspecified atom stereocenters. The Balaban J connectivity index is 1.66. The van der Waals surface area contributed by atoms with Gasteiger partial charge in [0.25, 0.3) is 5.69 Å². The molecule has 0 saturated heterocycles. The van der Waals surface area contributed by atoms with Crippen LogP contribution in [0.25, 0.3) is 11.4 Å². The Hall–Kier alpha value is -4.01. The van der Waals surface area contributed by atoms with Crippen LogP contribution < -0.4 is 10.1 Å². The van der Waals surface area contributed by atoms with E-state index in [1.807, 2.05) is 24.3 Å². The van der Waals surface area contributed by atoms with E-state index in [0.29, 0.717) is 35.1 Å². The lowest BCUT2D eigenvalue weighted by Gasteiger charge is -2.32. The van der Waals surface area contributed by atoms with Crippen molar-refractivity contribution in [3.05, 3.63) is 75.5 Å². The highest BCUT2D eigenvalue weighted by molar-refractivity contribution is 5.99. The number of nitrogens with one attached hydrogen (secondary N) is 1. The van der Waals surface area contributed by atoms with Crippen LogP contribution in [0.4, 0.5) is 11.6 Å². The lowest BCUT2D eigenvalue weighted by atomic mass is 9.85. The number of carbonyl (C=O) groups excluding carboxylic acids is 1. The van der Waals surface area contributed by atoms with E-state index in [4.69, 9.17) is 4.74 Å². The van der Waals surface area contributed by atoms with Crippen LogP contribution in [0.3, 0.4) is 0 Å². The summed E-state index contributed by atoms with van der Waals surface area (Å²) in [4.78, 5) is 28.2. The first-order valence-corrected chi connectivity index (χ1v) is 9.94. The van der Waals surface area contributed by atoms with Gasteiger partial charge in [0.05, 0.1) is 12.0 Å². The van der Waals surface area contributed by atoms with Crippen molar-refractivity contribution in [2.45, 2.75) is 25.3 Å². The highest BCUT2D eigenvalue weighted by atomic mass is 16.6. The van der Waals surface area contributed by atoms with Gasteiger partial charge in [0.1, 0.15) is 11.8 Å². The number of hydrogen-bond donors (Lipinski definition) is 1. The summed E-state index contributed by atoms with van der Waals surface area (Å²) >= 11 is 0. The number of fused-ring (bicyclic) bond motifs is 1. The number of nitro benzene ring substituents is 1. The van der Waals surface area contributed by atoms with Gasteiger partial charge in [-0.3, -0.25) is 14.9 Å². The van der Waals surface area contributed by atoms with Crippen LogP contribution in [0.5, 0.6) is 5.75 Å². The molecule has 0 bridgehead atoms. The number of non-ortho nitro benzene ring substituents is 1. The van der Waals surface area contributed by atoms with Gasteiger partial charge in [-0.05, 0) is 30.5 Å². The average molecular weight is 417 g/mol. The predicted octanol–water partition coefficient (Wildman–Crippen LogP) is 3.88. The van der Waals surface area contributed by atoms with Crippen molar-refractivity contribution in [3.63, 3.8) is 0 Å². The molecule has 1 atom stereocenters. The molecule has 0 amide bonds. The number of ketones is 1. The van der Waals surface area contributed by atoms with E-state index in [9.17, 15) is 14.9 Å². The summed E-state index contributed by atoms with van der Waals surface area (Å²) in [5.74, 6) is 1.62. The van der Waals surface area contributed by atoms with Crippen LogP contribution in [0.2, 0.25) is 0 Å². The summed E-state index contributed by atoms with van der Waals surface area (Å²) in [6.07, 6.45) is 2.02. The third-order valence-corrected chi connectivity index (χ3v) is 5.59. The van der Waals surface area contributed by atoms with E-state index in [1.54, 1.807) is 23.9 Å². The highest BCUT2D eigenvalue weighted by Crippen LogP contribution is 2.41. The van der Waals surface area contributed by atoms with Crippen LogP contribution in [0.15, 0.2) is 59.8 Å². The monoisotopic (exact) mass is 417 g/mol. The largest absolute Gasteiger partial charge is 0.497 e. The standard InChI is InChI=1S/C22H19N5O4/c1-31-16-8-3-5-13(12-16)20-19-17(9-4-10-18(19)28)23-22-24-21(25-26(20)22)14-6-2-7-15(11-14)27(29)30/h2-3,5-8,11-12,20H,4,9-10H2,1H3,(H,23,24,25). The molecule has 2 aromatic carbocycles. The van der Waals surface area contributed by atoms with Crippen LogP contribution in [-0.2, 0) is 4.79 Å². The molecule has 1 aromatic heterocycles. The molecular formula is C22H19N5O4. The van der Waals surface area contributed by atoms with Crippen LogP contribution in [0.1, 0.15) is 30.9 Å². The van der Waals surface area contributed by atoms with Crippen molar-refractivity contribution >= 4 is 17.4 Å². The number of methoxy groups -OCH3 is 1. The first-order chi connectivity index (χ1) is 15.0. The summed E-state index contributed by atoms with van der Waals surface area (Å²) in [6, 6.07) is 13.3. The number of rotatable bonds is 4. The summed E-state index contributed by atoms with van der Waals surface area (Å²) < 4.78 is 7.07. The van der Waals surface area contributed by atoms with Gasteiger partial charge in [-0.15, -0.1) is 5.10 Å². The smallest absolute Gasteiger partial charge is 0.270 e. The number of benzene rings is 2. The van der Waals surface area contributed by atoms with Crippen molar-refractivity contribution in [2.24, 2.45) is 0 Å². The number of hydrogen-bond acceptors (Lipinski definition) is 7. The molecule has 0 radical (unpaired) electrons. The Labute approximate surface area is 177 Å². The number of anilines is 1. The van der Waals surface area contributed by atoms with Crippen LogP contribution >= 0.6 is 0 Å². The summed E-state index contributed by atoms with van der Waals surface area (Å²) in [5, 5.41) is 19.1. The molecule has 1 aliphatic carbocycles. The van der Waals surface area contributed by atoms with Crippen LogP contribution in [0, 0.1) is 10.1 Å². The van der Waals surface area contributed by atoms with Gasteiger partial charge >= 0.3 is 0 Å². The minimum absolute atomic E-state index is 0.0322. The van der Waals surface area contributed by atoms with Gasteiger partial charge in [-0.25, -0.2) is 4.68 Å². The molecule has 0 spiro atoms. The minimum atomic E-state index is -0.450. The van der Waals surface area contributed by atoms with E-state index < -0.39 is 11.0 Å². The molecule has 9 heteroatoms. The maximum absolute atomic E-state index is 12.9. The van der Waals surface area contributed by atoms with Crippen molar-refractivity contribution in [1.82, 2.24) is 14.8 Å². The molecule has 0 saturated carbocycles. The SMILES string of the molecule is COc1cccc(C2C3=C(CCCC3=O)Nc3nc(-c4cccc([N+](=O)[O-])c4)nn32)c1. The van der Waals surface area contributed by atoms with E-state index in [-0.39, 0.29) is 11.5 Å². The Morgan fingerprint density at radius 1 is 1.19 bits per heavy atom. The Kier molecular flexibility index (Phi) is 4.50.